The molecule has 0 heterocycles. The maximum atomic E-state index is 13.5. The van der Waals surface area contributed by atoms with Crippen molar-refractivity contribution in [3.8, 4) is 0 Å². The third-order valence-electron chi connectivity index (χ3n) is 2.62. The number of carbonyl (C=O) groups is 1. The van der Waals surface area contributed by atoms with Gasteiger partial charge in [-0.05, 0) is 30.3 Å². The monoisotopic (exact) mass is 340 g/mol. The average molecular weight is 341 g/mol. The molecule has 0 bridgehead atoms. The fraction of sp³-hybridized carbons (Fsp3) is 0.0714. The first-order valence-electron chi connectivity index (χ1n) is 6.08. The molecule has 114 valence electrons. The van der Waals surface area contributed by atoms with Crippen LogP contribution in [-0.4, -0.2) is 16.6 Å². The molecule has 5 nitrogen and oxygen atoms in total. The molecular formula is C14H10ClFN2O3S. The number of anilines is 1. The van der Waals surface area contributed by atoms with Gasteiger partial charge in [0.25, 0.3) is 5.69 Å². The van der Waals surface area contributed by atoms with Crippen molar-refractivity contribution in [2.45, 2.75) is 4.90 Å². The fourth-order valence-electron chi connectivity index (χ4n) is 1.59. The molecule has 2 aromatic carbocycles. The Balaban J connectivity index is 1.91. The van der Waals surface area contributed by atoms with Gasteiger partial charge >= 0.3 is 0 Å². The maximum absolute atomic E-state index is 13.5. The number of nitro groups is 1. The summed E-state index contributed by atoms with van der Waals surface area (Å²) in [5, 5.41) is 13.2. The van der Waals surface area contributed by atoms with Crippen LogP contribution in [0.1, 0.15) is 0 Å². The molecule has 1 amide bonds. The highest BCUT2D eigenvalue weighted by atomic mass is 35.5. The zero-order valence-corrected chi connectivity index (χ0v) is 12.7. The number of non-ortho nitro benzene ring substituents is 1. The van der Waals surface area contributed by atoms with Gasteiger partial charge in [0.05, 0.1) is 16.4 Å². The summed E-state index contributed by atoms with van der Waals surface area (Å²) in [6.45, 7) is 0. The van der Waals surface area contributed by atoms with Gasteiger partial charge in [0.2, 0.25) is 5.91 Å². The number of hydrogen-bond donors (Lipinski definition) is 1. The second kappa shape index (κ2) is 7.24. The highest BCUT2D eigenvalue weighted by Gasteiger charge is 2.09. The van der Waals surface area contributed by atoms with Crippen molar-refractivity contribution in [1.82, 2.24) is 0 Å². The molecule has 0 atom stereocenters. The van der Waals surface area contributed by atoms with Crippen molar-refractivity contribution >= 4 is 40.6 Å². The Bertz CT molecular complexity index is 710. The van der Waals surface area contributed by atoms with Crippen LogP contribution in [0.25, 0.3) is 0 Å². The van der Waals surface area contributed by atoms with E-state index in [-0.39, 0.29) is 28.1 Å². The van der Waals surface area contributed by atoms with Crippen LogP contribution in [0.5, 0.6) is 0 Å². The van der Waals surface area contributed by atoms with E-state index >= 15 is 0 Å². The molecular weight excluding hydrogens is 331 g/mol. The van der Waals surface area contributed by atoms with Gasteiger partial charge in [0, 0.05) is 22.1 Å². The molecule has 2 aromatic rings. The van der Waals surface area contributed by atoms with Crippen LogP contribution in [-0.2, 0) is 4.79 Å². The zero-order valence-electron chi connectivity index (χ0n) is 11.1. The Kier molecular flexibility index (Phi) is 5.35. The van der Waals surface area contributed by atoms with Crippen molar-refractivity contribution in [2.24, 2.45) is 0 Å². The molecule has 0 aliphatic carbocycles. The minimum absolute atomic E-state index is 0.0166. The number of amides is 1. The summed E-state index contributed by atoms with van der Waals surface area (Å²) in [7, 11) is 0. The summed E-state index contributed by atoms with van der Waals surface area (Å²) in [6.07, 6.45) is 0. The SMILES string of the molecule is O=C(CSc1ccc([N+](=O)[O-])cc1)Nc1ccc(Cl)cc1F. The van der Waals surface area contributed by atoms with E-state index in [9.17, 15) is 19.3 Å². The lowest BCUT2D eigenvalue weighted by Crippen LogP contribution is -2.14. The smallest absolute Gasteiger partial charge is 0.269 e. The molecule has 0 aliphatic rings. The number of hydrogen-bond acceptors (Lipinski definition) is 4. The van der Waals surface area contributed by atoms with Crippen molar-refractivity contribution < 1.29 is 14.1 Å². The van der Waals surface area contributed by atoms with Crippen LogP contribution in [0.15, 0.2) is 47.4 Å². The minimum Gasteiger partial charge on any atom is -0.323 e. The van der Waals surface area contributed by atoms with Crippen LogP contribution in [0.3, 0.4) is 0 Å². The summed E-state index contributed by atoms with van der Waals surface area (Å²) in [5.74, 6) is -0.939. The summed E-state index contributed by atoms with van der Waals surface area (Å²) in [4.78, 5) is 22.5. The van der Waals surface area contributed by atoms with Crippen LogP contribution in [0.2, 0.25) is 5.02 Å². The summed E-state index contributed by atoms with van der Waals surface area (Å²) >= 11 is 6.82. The number of benzene rings is 2. The molecule has 22 heavy (non-hydrogen) atoms. The second-order valence-corrected chi connectivity index (χ2v) is 5.70. The predicted molar refractivity (Wildman–Crippen MR) is 83.9 cm³/mol. The normalized spacial score (nSPS) is 10.3. The van der Waals surface area contributed by atoms with Gasteiger partial charge < -0.3 is 5.32 Å². The number of thioether (sulfide) groups is 1. The van der Waals surface area contributed by atoms with Crippen molar-refractivity contribution in [3.05, 3.63) is 63.4 Å². The molecule has 0 radical (unpaired) electrons. The summed E-state index contributed by atoms with van der Waals surface area (Å²) < 4.78 is 13.5. The lowest BCUT2D eigenvalue weighted by Gasteiger charge is -2.06. The minimum atomic E-state index is -0.610. The number of carbonyl (C=O) groups excluding carboxylic acids is 1. The summed E-state index contributed by atoms with van der Waals surface area (Å²) in [5.41, 5.74) is 0.0377. The summed E-state index contributed by atoms with van der Waals surface area (Å²) in [6, 6.07) is 9.80. The molecule has 0 fully saturated rings. The largest absolute Gasteiger partial charge is 0.323 e. The number of halogens is 2. The Labute approximate surface area is 134 Å². The van der Waals surface area contributed by atoms with Gasteiger partial charge in [0.15, 0.2) is 0 Å². The van der Waals surface area contributed by atoms with E-state index in [1.807, 2.05) is 0 Å². The first-order valence-corrected chi connectivity index (χ1v) is 7.44. The lowest BCUT2D eigenvalue weighted by molar-refractivity contribution is -0.384. The first-order chi connectivity index (χ1) is 10.5. The van der Waals surface area contributed by atoms with Crippen LogP contribution in [0.4, 0.5) is 15.8 Å². The van der Waals surface area contributed by atoms with E-state index in [0.717, 1.165) is 6.07 Å². The average Bonchev–Trinajstić information content (AvgIpc) is 2.48. The Hall–Kier alpha value is -2.12. The van der Waals surface area contributed by atoms with Crippen molar-refractivity contribution in [1.29, 1.82) is 0 Å². The third kappa shape index (κ3) is 4.44. The molecule has 0 aliphatic heterocycles. The standard InChI is InChI=1S/C14H10ClFN2O3S/c15-9-1-6-13(12(16)7-9)17-14(19)8-22-11-4-2-10(3-5-11)18(20)21/h1-7H,8H2,(H,17,19). The van der Waals surface area contributed by atoms with Gasteiger partial charge in [-0.3, -0.25) is 14.9 Å². The molecule has 0 aromatic heterocycles. The van der Waals surface area contributed by atoms with Crippen LogP contribution < -0.4 is 5.32 Å². The van der Waals surface area contributed by atoms with Gasteiger partial charge in [-0.1, -0.05) is 11.6 Å². The quantitative estimate of drug-likeness (QED) is 0.505. The maximum Gasteiger partial charge on any atom is 0.269 e. The number of rotatable bonds is 5. The lowest BCUT2D eigenvalue weighted by atomic mass is 10.3. The van der Waals surface area contributed by atoms with Crippen molar-refractivity contribution in [2.75, 3.05) is 11.1 Å². The van der Waals surface area contributed by atoms with E-state index < -0.39 is 10.7 Å². The van der Waals surface area contributed by atoms with E-state index in [1.165, 1.54) is 36.0 Å². The van der Waals surface area contributed by atoms with Gasteiger partial charge in [0.1, 0.15) is 5.82 Å². The molecule has 0 saturated carbocycles. The van der Waals surface area contributed by atoms with Crippen molar-refractivity contribution in [3.63, 3.8) is 0 Å². The Morgan fingerprint density at radius 2 is 1.95 bits per heavy atom. The first kappa shape index (κ1) is 16.3. The topological polar surface area (TPSA) is 72.2 Å². The zero-order chi connectivity index (χ0) is 16.1. The van der Waals surface area contributed by atoms with E-state index in [1.54, 1.807) is 12.1 Å². The number of nitrogens with zero attached hydrogens (tertiary/aromatic N) is 1. The molecule has 0 saturated heterocycles. The van der Waals surface area contributed by atoms with Crippen LogP contribution >= 0.6 is 23.4 Å². The highest BCUT2D eigenvalue weighted by Crippen LogP contribution is 2.22. The highest BCUT2D eigenvalue weighted by molar-refractivity contribution is 8.00. The molecule has 8 heteroatoms. The number of nitrogens with one attached hydrogen (secondary N) is 1. The molecule has 0 unspecified atom stereocenters. The van der Waals surface area contributed by atoms with E-state index in [4.69, 9.17) is 11.6 Å². The van der Waals surface area contributed by atoms with Crippen LogP contribution in [0, 0.1) is 15.9 Å². The fourth-order valence-corrected chi connectivity index (χ4v) is 2.45. The molecule has 1 N–H and O–H groups in total. The predicted octanol–water partition coefficient (Wildman–Crippen LogP) is 4.12. The molecule has 2 rings (SSSR count). The van der Waals surface area contributed by atoms with E-state index in [2.05, 4.69) is 5.32 Å². The van der Waals surface area contributed by atoms with Gasteiger partial charge in [-0.15, -0.1) is 11.8 Å². The van der Waals surface area contributed by atoms with Gasteiger partial charge in [-0.25, -0.2) is 4.39 Å². The second-order valence-electron chi connectivity index (χ2n) is 4.21. The Morgan fingerprint density at radius 3 is 2.55 bits per heavy atom. The van der Waals surface area contributed by atoms with E-state index in [0.29, 0.717) is 4.90 Å². The third-order valence-corrected chi connectivity index (χ3v) is 3.87. The molecule has 0 spiro atoms. The van der Waals surface area contributed by atoms with Gasteiger partial charge in [-0.2, -0.15) is 0 Å². The Morgan fingerprint density at radius 1 is 1.27 bits per heavy atom. The number of nitro benzene ring substituents is 1.